The van der Waals surface area contributed by atoms with E-state index in [2.05, 4.69) is 10.3 Å². The summed E-state index contributed by atoms with van der Waals surface area (Å²) in [6, 6.07) is 6.96. The number of carbonyl (C=O) groups excluding carboxylic acids is 1. The highest BCUT2D eigenvalue weighted by Crippen LogP contribution is 2.32. The van der Waals surface area contributed by atoms with Crippen molar-refractivity contribution in [1.82, 2.24) is 9.55 Å². The second-order valence-corrected chi connectivity index (χ2v) is 6.14. The van der Waals surface area contributed by atoms with Crippen molar-refractivity contribution in [3.8, 4) is 11.5 Å². The van der Waals surface area contributed by atoms with Gasteiger partial charge in [-0.15, -0.1) is 11.3 Å². The molecule has 3 heterocycles. The van der Waals surface area contributed by atoms with E-state index in [0.717, 1.165) is 0 Å². The molecule has 0 aliphatic carbocycles. The lowest BCUT2D eigenvalue weighted by Gasteiger charge is -2.19. The van der Waals surface area contributed by atoms with Crippen molar-refractivity contribution in [2.45, 2.75) is 6.54 Å². The molecule has 8 heteroatoms. The minimum Gasteiger partial charge on any atom is -0.486 e. The molecule has 1 aliphatic rings. The first-order valence-corrected chi connectivity index (χ1v) is 8.21. The summed E-state index contributed by atoms with van der Waals surface area (Å²) in [6.45, 7) is 0.889. The van der Waals surface area contributed by atoms with Gasteiger partial charge >= 0.3 is 0 Å². The molecule has 122 valence electrons. The van der Waals surface area contributed by atoms with Gasteiger partial charge in [-0.05, 0) is 23.6 Å². The van der Waals surface area contributed by atoms with Crippen LogP contribution in [0.1, 0.15) is 0 Å². The molecule has 1 aliphatic heterocycles. The topological polar surface area (TPSA) is 82.5 Å². The van der Waals surface area contributed by atoms with Crippen molar-refractivity contribution in [3.63, 3.8) is 0 Å². The van der Waals surface area contributed by atoms with Crippen molar-refractivity contribution >= 4 is 33.1 Å². The Morgan fingerprint density at radius 2 is 2.08 bits per heavy atom. The second kappa shape index (κ2) is 5.97. The van der Waals surface area contributed by atoms with Gasteiger partial charge in [0.1, 0.15) is 24.5 Å². The Labute approximate surface area is 140 Å². The zero-order valence-electron chi connectivity index (χ0n) is 12.5. The Hall–Kier alpha value is -2.87. The summed E-state index contributed by atoms with van der Waals surface area (Å²) in [5.41, 5.74) is 1.02. The molecule has 0 radical (unpaired) electrons. The Morgan fingerprint density at radius 3 is 2.96 bits per heavy atom. The molecule has 7 nitrogen and oxygen atoms in total. The highest BCUT2D eigenvalue weighted by atomic mass is 32.1. The van der Waals surface area contributed by atoms with Gasteiger partial charge in [-0.3, -0.25) is 14.2 Å². The van der Waals surface area contributed by atoms with Gasteiger partial charge in [-0.1, -0.05) is 0 Å². The summed E-state index contributed by atoms with van der Waals surface area (Å²) in [5, 5.41) is 4.56. The van der Waals surface area contributed by atoms with E-state index < -0.39 is 0 Å². The number of nitrogens with zero attached hydrogens (tertiary/aromatic N) is 2. The Balaban J connectivity index is 1.52. The average molecular weight is 343 g/mol. The third-order valence-corrected chi connectivity index (χ3v) is 4.47. The molecule has 1 amide bonds. The number of anilines is 1. The molecule has 0 bridgehead atoms. The van der Waals surface area contributed by atoms with Crippen LogP contribution in [0.25, 0.3) is 10.2 Å². The molecule has 0 unspecified atom stereocenters. The molecule has 0 saturated heterocycles. The normalized spacial score (nSPS) is 13.0. The van der Waals surface area contributed by atoms with E-state index in [1.54, 1.807) is 29.6 Å². The maximum atomic E-state index is 12.3. The van der Waals surface area contributed by atoms with E-state index in [-0.39, 0.29) is 18.0 Å². The number of hydrogen-bond donors (Lipinski definition) is 1. The number of rotatable bonds is 3. The maximum Gasteiger partial charge on any atom is 0.271 e. The van der Waals surface area contributed by atoms with E-state index >= 15 is 0 Å². The Morgan fingerprint density at radius 1 is 1.25 bits per heavy atom. The van der Waals surface area contributed by atoms with Crippen LogP contribution in [0, 0.1) is 0 Å². The van der Waals surface area contributed by atoms with Gasteiger partial charge in [0.2, 0.25) is 5.91 Å². The van der Waals surface area contributed by atoms with Gasteiger partial charge in [0.15, 0.2) is 11.5 Å². The predicted octanol–water partition coefficient (Wildman–Crippen LogP) is 1.87. The number of benzene rings is 1. The van der Waals surface area contributed by atoms with Crippen molar-refractivity contribution in [3.05, 3.63) is 46.3 Å². The second-order valence-electron chi connectivity index (χ2n) is 5.22. The van der Waals surface area contributed by atoms with E-state index in [1.807, 2.05) is 0 Å². The SMILES string of the molecule is O=C(Cn1cnc2ccsc2c1=O)Nc1ccc2c(c1)OCCO2. The Bertz CT molecular complexity index is 979. The molecule has 4 rings (SSSR count). The molecular formula is C16H13N3O4S. The Kier molecular flexibility index (Phi) is 3.66. The number of aromatic nitrogens is 2. The number of thiophene rings is 1. The van der Waals surface area contributed by atoms with Crippen LogP contribution in [-0.2, 0) is 11.3 Å². The molecule has 0 saturated carbocycles. The summed E-state index contributed by atoms with van der Waals surface area (Å²) in [5.74, 6) is 0.937. The van der Waals surface area contributed by atoms with E-state index in [4.69, 9.17) is 9.47 Å². The lowest BCUT2D eigenvalue weighted by atomic mass is 10.2. The quantitative estimate of drug-likeness (QED) is 0.785. The molecule has 2 aromatic heterocycles. The van der Waals surface area contributed by atoms with Crippen molar-refractivity contribution in [1.29, 1.82) is 0 Å². The number of nitrogens with one attached hydrogen (secondary N) is 1. The van der Waals surface area contributed by atoms with Crippen LogP contribution in [0.5, 0.6) is 11.5 Å². The zero-order chi connectivity index (χ0) is 16.5. The monoisotopic (exact) mass is 343 g/mol. The molecule has 0 spiro atoms. The van der Waals surface area contributed by atoms with Crippen molar-refractivity contribution in [2.75, 3.05) is 18.5 Å². The summed E-state index contributed by atoms with van der Waals surface area (Å²) >= 11 is 1.32. The largest absolute Gasteiger partial charge is 0.486 e. The highest BCUT2D eigenvalue weighted by molar-refractivity contribution is 7.17. The summed E-state index contributed by atoms with van der Waals surface area (Å²) in [7, 11) is 0. The minimum absolute atomic E-state index is 0.103. The van der Waals surface area contributed by atoms with Gasteiger partial charge < -0.3 is 14.8 Å². The van der Waals surface area contributed by atoms with Crippen molar-refractivity contribution in [2.24, 2.45) is 0 Å². The minimum atomic E-state index is -0.313. The first-order valence-electron chi connectivity index (χ1n) is 7.33. The van der Waals surface area contributed by atoms with E-state index in [0.29, 0.717) is 40.6 Å². The summed E-state index contributed by atoms with van der Waals surface area (Å²) in [4.78, 5) is 28.7. The van der Waals surface area contributed by atoms with Gasteiger partial charge in [-0.2, -0.15) is 0 Å². The third-order valence-electron chi connectivity index (χ3n) is 3.58. The predicted molar refractivity (Wildman–Crippen MR) is 89.9 cm³/mol. The number of amides is 1. The molecule has 24 heavy (non-hydrogen) atoms. The van der Waals surface area contributed by atoms with Crippen LogP contribution >= 0.6 is 11.3 Å². The van der Waals surface area contributed by atoms with Crippen LogP contribution in [-0.4, -0.2) is 28.7 Å². The molecule has 0 atom stereocenters. The molecule has 3 aromatic rings. The number of carbonyl (C=O) groups is 1. The smallest absolute Gasteiger partial charge is 0.271 e. The summed E-state index contributed by atoms with van der Waals surface area (Å²) in [6.07, 6.45) is 1.39. The van der Waals surface area contributed by atoms with E-state index in [1.165, 1.54) is 22.2 Å². The van der Waals surface area contributed by atoms with Gasteiger partial charge in [0.05, 0.1) is 11.8 Å². The number of fused-ring (bicyclic) bond motifs is 2. The van der Waals surface area contributed by atoms with Crippen LogP contribution in [0.3, 0.4) is 0 Å². The lowest BCUT2D eigenvalue weighted by molar-refractivity contribution is -0.116. The lowest BCUT2D eigenvalue weighted by Crippen LogP contribution is -2.27. The third kappa shape index (κ3) is 2.71. The number of hydrogen-bond acceptors (Lipinski definition) is 6. The fourth-order valence-corrected chi connectivity index (χ4v) is 3.26. The van der Waals surface area contributed by atoms with Crippen LogP contribution < -0.4 is 20.3 Å². The first-order chi connectivity index (χ1) is 11.7. The first kappa shape index (κ1) is 14.7. The fraction of sp³-hybridized carbons (Fsp3) is 0.188. The van der Waals surface area contributed by atoms with Crippen LogP contribution in [0.2, 0.25) is 0 Å². The maximum absolute atomic E-state index is 12.3. The fourth-order valence-electron chi connectivity index (χ4n) is 2.47. The van der Waals surface area contributed by atoms with E-state index in [9.17, 15) is 9.59 Å². The van der Waals surface area contributed by atoms with Crippen LogP contribution in [0.15, 0.2) is 40.8 Å². The van der Waals surface area contributed by atoms with Gasteiger partial charge in [0.25, 0.3) is 5.56 Å². The summed E-state index contributed by atoms with van der Waals surface area (Å²) < 4.78 is 12.8. The standard InChI is InChI=1S/C16H13N3O4S/c20-14(8-19-9-17-11-3-6-24-15(11)16(19)21)18-10-1-2-12-13(7-10)23-5-4-22-12/h1-3,6-7,9H,4-5,8H2,(H,18,20). The van der Waals surface area contributed by atoms with Crippen LogP contribution in [0.4, 0.5) is 5.69 Å². The average Bonchev–Trinajstić information content (AvgIpc) is 3.07. The molecule has 0 fully saturated rings. The van der Waals surface area contributed by atoms with Crippen molar-refractivity contribution < 1.29 is 14.3 Å². The van der Waals surface area contributed by atoms with Gasteiger partial charge in [-0.25, -0.2) is 4.98 Å². The molecule has 1 aromatic carbocycles. The zero-order valence-corrected chi connectivity index (χ0v) is 13.3. The van der Waals surface area contributed by atoms with Gasteiger partial charge in [0, 0.05) is 11.8 Å². The molecular weight excluding hydrogens is 330 g/mol. The highest BCUT2D eigenvalue weighted by Gasteiger charge is 2.14. The molecule has 1 N–H and O–H groups in total. The number of ether oxygens (including phenoxy) is 2.